The molecule has 0 aromatic heterocycles. The average Bonchev–Trinajstić information content (AvgIpc) is 2.50. The van der Waals surface area contributed by atoms with Crippen LogP contribution in [-0.2, 0) is 9.59 Å². The number of nitrogens with one attached hydrogen (secondary N) is 3. The summed E-state index contributed by atoms with van der Waals surface area (Å²) in [5, 5.41) is 8.04. The van der Waals surface area contributed by atoms with Gasteiger partial charge < -0.3 is 16.0 Å². The maximum Gasteiger partial charge on any atom is 0.251 e. The summed E-state index contributed by atoms with van der Waals surface area (Å²) in [4.78, 5) is 35.3. The van der Waals surface area contributed by atoms with Crippen molar-refractivity contribution >= 4 is 17.7 Å². The van der Waals surface area contributed by atoms with Crippen molar-refractivity contribution in [3.8, 4) is 0 Å². The zero-order chi connectivity index (χ0) is 17.4. The van der Waals surface area contributed by atoms with E-state index in [2.05, 4.69) is 16.0 Å². The zero-order valence-corrected chi connectivity index (χ0v) is 14.1. The minimum Gasteiger partial charge on any atom is -0.354 e. The minimum atomic E-state index is -0.649. The molecule has 0 saturated heterocycles. The van der Waals surface area contributed by atoms with Crippen molar-refractivity contribution in [2.24, 2.45) is 5.92 Å². The van der Waals surface area contributed by atoms with Gasteiger partial charge in [-0.1, -0.05) is 31.5 Å². The van der Waals surface area contributed by atoms with Crippen LogP contribution in [0, 0.1) is 12.8 Å². The second kappa shape index (κ2) is 8.92. The van der Waals surface area contributed by atoms with E-state index in [0.717, 1.165) is 5.56 Å². The first-order valence-corrected chi connectivity index (χ1v) is 7.74. The lowest BCUT2D eigenvalue weighted by atomic mass is 10.1. The lowest BCUT2D eigenvalue weighted by molar-refractivity contribution is -0.125. The molecule has 0 radical (unpaired) electrons. The van der Waals surface area contributed by atoms with Gasteiger partial charge in [0.25, 0.3) is 5.91 Å². The summed E-state index contributed by atoms with van der Waals surface area (Å²) in [6, 6.07) is 6.52. The highest BCUT2D eigenvalue weighted by molar-refractivity contribution is 5.97. The summed E-state index contributed by atoms with van der Waals surface area (Å²) in [6.45, 7) is 7.81. The molecule has 0 saturated carbocycles. The Morgan fingerprint density at radius 1 is 1.00 bits per heavy atom. The molecule has 1 atom stereocenters. The summed E-state index contributed by atoms with van der Waals surface area (Å²) in [7, 11) is 0. The first kappa shape index (κ1) is 18.7. The van der Waals surface area contributed by atoms with Crippen LogP contribution >= 0.6 is 0 Å². The third kappa shape index (κ3) is 6.50. The predicted molar refractivity (Wildman–Crippen MR) is 89.0 cm³/mol. The third-order valence-electron chi connectivity index (χ3n) is 3.27. The molecular formula is C17H25N3O3. The van der Waals surface area contributed by atoms with Crippen molar-refractivity contribution in [3.05, 3.63) is 35.4 Å². The van der Waals surface area contributed by atoms with Gasteiger partial charge in [0.2, 0.25) is 11.8 Å². The molecule has 3 N–H and O–H groups in total. The van der Waals surface area contributed by atoms with Crippen molar-refractivity contribution in [1.29, 1.82) is 0 Å². The van der Waals surface area contributed by atoms with Crippen molar-refractivity contribution < 1.29 is 14.4 Å². The molecule has 23 heavy (non-hydrogen) atoms. The Balaban J connectivity index is 2.36. The Morgan fingerprint density at radius 2 is 1.61 bits per heavy atom. The van der Waals surface area contributed by atoms with Gasteiger partial charge in [0, 0.05) is 24.6 Å². The summed E-state index contributed by atoms with van der Waals surface area (Å²) < 4.78 is 0. The van der Waals surface area contributed by atoms with Crippen LogP contribution < -0.4 is 16.0 Å². The van der Waals surface area contributed by atoms with Crippen molar-refractivity contribution in [2.45, 2.75) is 33.7 Å². The highest BCUT2D eigenvalue weighted by atomic mass is 16.2. The van der Waals surface area contributed by atoms with E-state index in [0.29, 0.717) is 18.7 Å². The quantitative estimate of drug-likeness (QED) is 0.655. The lowest BCUT2D eigenvalue weighted by Gasteiger charge is -2.15. The van der Waals surface area contributed by atoms with Crippen LogP contribution in [0.4, 0.5) is 0 Å². The average molecular weight is 319 g/mol. The molecule has 1 aromatic carbocycles. The van der Waals surface area contributed by atoms with E-state index in [1.807, 2.05) is 13.0 Å². The second-order valence-corrected chi connectivity index (χ2v) is 5.80. The molecule has 6 nitrogen and oxygen atoms in total. The van der Waals surface area contributed by atoms with Gasteiger partial charge in [-0.05, 0) is 26.0 Å². The van der Waals surface area contributed by atoms with E-state index in [9.17, 15) is 14.4 Å². The predicted octanol–water partition coefficient (Wildman–Crippen LogP) is 1.00. The minimum absolute atomic E-state index is 0.0555. The first-order valence-electron chi connectivity index (χ1n) is 7.74. The van der Waals surface area contributed by atoms with Crippen LogP contribution in [0.5, 0.6) is 0 Å². The summed E-state index contributed by atoms with van der Waals surface area (Å²) in [6.07, 6.45) is 0. The fourth-order valence-electron chi connectivity index (χ4n) is 1.86. The maximum atomic E-state index is 12.1. The monoisotopic (exact) mass is 319 g/mol. The molecule has 6 heteroatoms. The molecule has 0 aliphatic heterocycles. The van der Waals surface area contributed by atoms with Gasteiger partial charge in [-0.3, -0.25) is 14.4 Å². The number of rotatable bonds is 7. The van der Waals surface area contributed by atoms with E-state index in [1.165, 1.54) is 0 Å². The Bertz CT molecular complexity index is 570. The standard InChI is InChI=1S/C17H25N3O3/c1-11(2)15(21)18-8-9-19-16(22)13(4)20-17(23)14-7-5-6-12(3)10-14/h5-7,10-11,13H,8-9H2,1-4H3,(H,18,21)(H,19,22)(H,20,23). The van der Waals surface area contributed by atoms with E-state index in [4.69, 9.17) is 0 Å². The van der Waals surface area contributed by atoms with Crippen molar-refractivity contribution in [1.82, 2.24) is 16.0 Å². The van der Waals surface area contributed by atoms with Gasteiger partial charge in [0.15, 0.2) is 0 Å². The molecule has 0 aliphatic carbocycles. The number of benzene rings is 1. The molecule has 0 fully saturated rings. The van der Waals surface area contributed by atoms with Gasteiger partial charge in [-0.2, -0.15) is 0 Å². The smallest absolute Gasteiger partial charge is 0.251 e. The number of carbonyl (C=O) groups is 3. The number of amides is 3. The van der Waals surface area contributed by atoms with Gasteiger partial charge in [-0.25, -0.2) is 0 Å². The fourth-order valence-corrected chi connectivity index (χ4v) is 1.86. The molecular weight excluding hydrogens is 294 g/mol. The van der Waals surface area contributed by atoms with Gasteiger partial charge in [-0.15, -0.1) is 0 Å². The number of aryl methyl sites for hydroxylation is 1. The summed E-state index contributed by atoms with van der Waals surface area (Å²) >= 11 is 0. The molecule has 0 bridgehead atoms. The number of hydrogen-bond acceptors (Lipinski definition) is 3. The zero-order valence-electron chi connectivity index (χ0n) is 14.1. The van der Waals surface area contributed by atoms with Crippen molar-refractivity contribution in [3.63, 3.8) is 0 Å². The largest absolute Gasteiger partial charge is 0.354 e. The Labute approximate surface area is 137 Å². The molecule has 1 aromatic rings. The SMILES string of the molecule is Cc1cccc(C(=O)NC(C)C(=O)NCCNC(=O)C(C)C)c1. The highest BCUT2D eigenvalue weighted by Gasteiger charge is 2.16. The van der Waals surface area contributed by atoms with Crippen LogP contribution in [-0.4, -0.2) is 36.9 Å². The highest BCUT2D eigenvalue weighted by Crippen LogP contribution is 2.04. The Morgan fingerprint density at radius 3 is 2.17 bits per heavy atom. The van der Waals surface area contributed by atoms with Gasteiger partial charge >= 0.3 is 0 Å². The lowest BCUT2D eigenvalue weighted by Crippen LogP contribution is -2.46. The number of hydrogen-bond donors (Lipinski definition) is 3. The molecule has 1 unspecified atom stereocenters. The third-order valence-corrected chi connectivity index (χ3v) is 3.27. The molecule has 0 heterocycles. The van der Waals surface area contributed by atoms with E-state index >= 15 is 0 Å². The van der Waals surface area contributed by atoms with Crippen LogP contribution in [0.1, 0.15) is 36.7 Å². The second-order valence-electron chi connectivity index (χ2n) is 5.80. The fraction of sp³-hybridized carbons (Fsp3) is 0.471. The first-order chi connectivity index (χ1) is 10.8. The van der Waals surface area contributed by atoms with E-state index in [1.54, 1.807) is 39.0 Å². The van der Waals surface area contributed by atoms with E-state index < -0.39 is 6.04 Å². The maximum absolute atomic E-state index is 12.1. The van der Waals surface area contributed by atoms with Gasteiger partial charge in [0.05, 0.1) is 0 Å². The van der Waals surface area contributed by atoms with Crippen LogP contribution in [0.3, 0.4) is 0 Å². The molecule has 3 amide bonds. The molecule has 1 rings (SSSR count). The van der Waals surface area contributed by atoms with Crippen LogP contribution in [0.15, 0.2) is 24.3 Å². The molecule has 0 aliphatic rings. The van der Waals surface area contributed by atoms with E-state index in [-0.39, 0.29) is 23.6 Å². The van der Waals surface area contributed by atoms with Crippen molar-refractivity contribution in [2.75, 3.05) is 13.1 Å². The topological polar surface area (TPSA) is 87.3 Å². The summed E-state index contributed by atoms with van der Waals surface area (Å²) in [5.74, 6) is -0.715. The normalized spacial score (nSPS) is 11.7. The van der Waals surface area contributed by atoms with Gasteiger partial charge in [0.1, 0.15) is 6.04 Å². The van der Waals surface area contributed by atoms with Crippen LogP contribution in [0.2, 0.25) is 0 Å². The Kier molecular flexibility index (Phi) is 7.25. The molecule has 126 valence electrons. The Hall–Kier alpha value is -2.37. The molecule has 0 spiro atoms. The summed E-state index contributed by atoms with van der Waals surface area (Å²) in [5.41, 5.74) is 1.50. The number of carbonyl (C=O) groups excluding carboxylic acids is 3. The van der Waals surface area contributed by atoms with Crippen LogP contribution in [0.25, 0.3) is 0 Å².